The van der Waals surface area contributed by atoms with Crippen molar-refractivity contribution >= 4 is 44.9 Å². The lowest BCUT2D eigenvalue weighted by molar-refractivity contribution is 0.102. The van der Waals surface area contributed by atoms with E-state index in [0.717, 1.165) is 27.2 Å². The van der Waals surface area contributed by atoms with Gasteiger partial charge >= 0.3 is 0 Å². The molecule has 28 heavy (non-hydrogen) atoms. The van der Waals surface area contributed by atoms with Crippen molar-refractivity contribution in [1.82, 2.24) is 20.4 Å². The number of ether oxygens (including phenoxy) is 1. The number of aromatic amines is 1. The normalized spacial score (nSPS) is 10.9. The van der Waals surface area contributed by atoms with Gasteiger partial charge in [0.05, 0.1) is 12.1 Å². The van der Waals surface area contributed by atoms with Gasteiger partial charge in [0, 0.05) is 16.8 Å². The van der Waals surface area contributed by atoms with Gasteiger partial charge in [-0.1, -0.05) is 34.6 Å². The molecule has 0 saturated heterocycles. The second kappa shape index (κ2) is 7.95. The molecule has 0 aliphatic rings. The van der Waals surface area contributed by atoms with Crippen LogP contribution >= 0.6 is 22.9 Å². The summed E-state index contributed by atoms with van der Waals surface area (Å²) in [5, 5.41) is 20.5. The molecule has 9 heteroatoms. The van der Waals surface area contributed by atoms with E-state index >= 15 is 0 Å². The van der Waals surface area contributed by atoms with Crippen molar-refractivity contribution in [2.75, 3.05) is 11.9 Å². The molecule has 4 rings (SSSR count). The largest absolute Gasteiger partial charge is 0.493 e. The molecule has 7 nitrogen and oxygen atoms in total. The first-order valence-corrected chi connectivity index (χ1v) is 9.75. The van der Waals surface area contributed by atoms with E-state index in [1.54, 1.807) is 12.1 Å². The minimum Gasteiger partial charge on any atom is -0.493 e. The van der Waals surface area contributed by atoms with Crippen molar-refractivity contribution in [3.8, 4) is 5.75 Å². The van der Waals surface area contributed by atoms with Crippen LogP contribution in [0.5, 0.6) is 5.75 Å². The third kappa shape index (κ3) is 4.13. The molecule has 2 N–H and O–H groups in total. The lowest BCUT2D eigenvalue weighted by Crippen LogP contribution is -2.12. The fourth-order valence-electron chi connectivity index (χ4n) is 2.65. The molecule has 0 spiro atoms. The van der Waals surface area contributed by atoms with Crippen LogP contribution in [0.25, 0.3) is 10.9 Å². The molecule has 2 aromatic heterocycles. The van der Waals surface area contributed by atoms with Gasteiger partial charge in [-0.3, -0.25) is 15.2 Å². The van der Waals surface area contributed by atoms with E-state index in [1.165, 1.54) is 11.3 Å². The van der Waals surface area contributed by atoms with Gasteiger partial charge in [-0.25, -0.2) is 0 Å². The molecule has 0 aliphatic carbocycles. The maximum Gasteiger partial charge on any atom is 0.278 e. The van der Waals surface area contributed by atoms with Crippen LogP contribution in [0.1, 0.15) is 21.1 Å². The van der Waals surface area contributed by atoms with Crippen LogP contribution in [0, 0.1) is 6.92 Å². The number of halogens is 1. The smallest absolute Gasteiger partial charge is 0.278 e. The predicted molar refractivity (Wildman–Crippen MR) is 109 cm³/mol. The Hall–Kier alpha value is -2.97. The number of benzene rings is 2. The third-order valence-corrected chi connectivity index (χ3v) is 5.17. The van der Waals surface area contributed by atoms with Crippen LogP contribution in [-0.2, 0) is 6.42 Å². The van der Waals surface area contributed by atoms with Gasteiger partial charge in [0.25, 0.3) is 5.91 Å². The van der Waals surface area contributed by atoms with Gasteiger partial charge in [0.15, 0.2) is 5.69 Å². The molecule has 1 amide bonds. The Bertz CT molecular complexity index is 1120. The van der Waals surface area contributed by atoms with Crippen LogP contribution < -0.4 is 10.1 Å². The van der Waals surface area contributed by atoms with Crippen LogP contribution in [0.15, 0.2) is 42.5 Å². The predicted octanol–water partition coefficient (Wildman–Crippen LogP) is 4.25. The van der Waals surface area contributed by atoms with Crippen LogP contribution in [0.2, 0.25) is 5.02 Å². The summed E-state index contributed by atoms with van der Waals surface area (Å²) in [5.74, 6) is 0.417. The molecular weight excluding hydrogens is 398 g/mol. The summed E-state index contributed by atoms with van der Waals surface area (Å²) < 4.78 is 5.65. The molecule has 2 heterocycles. The van der Waals surface area contributed by atoms with Gasteiger partial charge < -0.3 is 4.74 Å². The van der Waals surface area contributed by atoms with Crippen molar-refractivity contribution in [1.29, 1.82) is 0 Å². The molecule has 0 unspecified atom stereocenters. The van der Waals surface area contributed by atoms with Crippen molar-refractivity contribution in [3.05, 3.63) is 63.8 Å². The van der Waals surface area contributed by atoms with E-state index in [-0.39, 0.29) is 5.91 Å². The van der Waals surface area contributed by atoms with E-state index in [1.807, 2.05) is 37.3 Å². The van der Waals surface area contributed by atoms with Crippen molar-refractivity contribution in [2.24, 2.45) is 0 Å². The van der Waals surface area contributed by atoms with Crippen LogP contribution in [-0.4, -0.2) is 32.9 Å². The number of hydrogen-bond acceptors (Lipinski definition) is 6. The average molecular weight is 414 g/mol. The number of nitrogens with one attached hydrogen (secondary N) is 2. The highest BCUT2D eigenvalue weighted by atomic mass is 35.5. The molecule has 0 saturated carbocycles. The number of fused-ring (bicyclic) bond motifs is 1. The Kier molecular flexibility index (Phi) is 5.23. The van der Waals surface area contributed by atoms with E-state index in [9.17, 15) is 4.79 Å². The summed E-state index contributed by atoms with van der Waals surface area (Å²) in [6, 6.07) is 13.0. The maximum atomic E-state index is 12.5. The highest BCUT2D eigenvalue weighted by molar-refractivity contribution is 7.15. The number of aromatic nitrogens is 4. The first-order valence-electron chi connectivity index (χ1n) is 8.55. The Morgan fingerprint density at radius 2 is 2.04 bits per heavy atom. The van der Waals surface area contributed by atoms with Gasteiger partial charge in [-0.2, -0.15) is 5.10 Å². The standard InChI is InChI=1S/C19H16ClN5O2S/c1-11-2-7-15-14(10-11)17(24-22-15)18(26)21-19-25-23-16(28-19)8-9-27-13-5-3-12(20)4-6-13/h2-7,10H,8-9H2,1H3,(H,22,24)(H,21,25,26). The zero-order valence-electron chi connectivity index (χ0n) is 14.9. The fraction of sp³-hybridized carbons (Fsp3) is 0.158. The zero-order valence-corrected chi connectivity index (χ0v) is 16.5. The number of hydrogen-bond donors (Lipinski definition) is 2. The van der Waals surface area contributed by atoms with Crippen molar-refractivity contribution < 1.29 is 9.53 Å². The minimum absolute atomic E-state index is 0.322. The molecule has 142 valence electrons. The molecule has 0 bridgehead atoms. The van der Waals surface area contributed by atoms with Crippen molar-refractivity contribution in [2.45, 2.75) is 13.3 Å². The molecule has 2 aromatic carbocycles. The maximum absolute atomic E-state index is 12.5. The lowest BCUT2D eigenvalue weighted by atomic mass is 10.1. The number of anilines is 1. The molecule has 0 atom stereocenters. The minimum atomic E-state index is -0.322. The molecular formula is C19H16ClN5O2S. The Balaban J connectivity index is 1.36. The van der Waals surface area contributed by atoms with Crippen molar-refractivity contribution in [3.63, 3.8) is 0 Å². The number of carbonyl (C=O) groups excluding carboxylic acids is 1. The number of carbonyl (C=O) groups is 1. The highest BCUT2D eigenvalue weighted by Gasteiger charge is 2.16. The zero-order chi connectivity index (χ0) is 19.5. The van der Waals surface area contributed by atoms with Gasteiger partial charge in [0.2, 0.25) is 5.13 Å². The number of amides is 1. The highest BCUT2D eigenvalue weighted by Crippen LogP contribution is 2.21. The summed E-state index contributed by atoms with van der Waals surface area (Å²) >= 11 is 7.16. The summed E-state index contributed by atoms with van der Waals surface area (Å²) in [5.41, 5.74) is 2.21. The second-order valence-electron chi connectivity index (χ2n) is 6.13. The molecule has 0 radical (unpaired) electrons. The van der Waals surface area contributed by atoms with Crippen LogP contribution in [0.3, 0.4) is 0 Å². The van der Waals surface area contributed by atoms with Crippen LogP contribution in [0.4, 0.5) is 5.13 Å². The summed E-state index contributed by atoms with van der Waals surface area (Å²) in [6.45, 7) is 2.42. The quantitative estimate of drug-likeness (QED) is 0.493. The number of H-pyrrole nitrogens is 1. The van der Waals surface area contributed by atoms with Gasteiger partial charge in [-0.05, 0) is 43.3 Å². The molecule has 0 fully saturated rings. The summed E-state index contributed by atoms with van der Waals surface area (Å²) in [7, 11) is 0. The number of nitrogens with zero attached hydrogens (tertiary/aromatic N) is 3. The summed E-state index contributed by atoms with van der Waals surface area (Å²) in [4.78, 5) is 12.5. The second-order valence-corrected chi connectivity index (χ2v) is 7.63. The monoisotopic (exact) mass is 413 g/mol. The molecule has 4 aromatic rings. The van der Waals surface area contributed by atoms with E-state index in [2.05, 4.69) is 25.7 Å². The summed E-state index contributed by atoms with van der Waals surface area (Å²) in [6.07, 6.45) is 0.584. The number of aryl methyl sites for hydroxylation is 1. The first kappa shape index (κ1) is 18.4. The molecule has 0 aliphatic heterocycles. The first-order chi connectivity index (χ1) is 13.6. The Morgan fingerprint density at radius 1 is 1.21 bits per heavy atom. The fourth-order valence-corrected chi connectivity index (χ4v) is 3.49. The lowest BCUT2D eigenvalue weighted by Gasteiger charge is -2.04. The SMILES string of the molecule is Cc1ccc2[nH]nc(C(=O)Nc3nnc(CCOc4ccc(Cl)cc4)s3)c2c1. The van der Waals surface area contributed by atoms with E-state index < -0.39 is 0 Å². The van der Waals surface area contributed by atoms with Gasteiger partial charge in [-0.15, -0.1) is 10.2 Å². The van der Waals surface area contributed by atoms with E-state index in [4.69, 9.17) is 16.3 Å². The Labute approximate surface area is 169 Å². The Morgan fingerprint density at radius 3 is 2.86 bits per heavy atom. The average Bonchev–Trinajstić information content (AvgIpc) is 3.30. The number of rotatable bonds is 6. The third-order valence-electron chi connectivity index (χ3n) is 4.02. The topological polar surface area (TPSA) is 92.8 Å². The van der Waals surface area contributed by atoms with Gasteiger partial charge in [0.1, 0.15) is 10.8 Å². The van der Waals surface area contributed by atoms with E-state index in [0.29, 0.717) is 28.9 Å².